The van der Waals surface area contributed by atoms with Gasteiger partial charge in [-0.15, -0.1) is 0 Å². The first-order chi connectivity index (χ1) is 4.20. The molecule has 1 radical (unpaired) electrons. The quantitative estimate of drug-likeness (QED) is 0.571. The smallest absolute Gasteiger partial charge is 0.143 e. The molecule has 9 heavy (non-hydrogen) atoms. The Morgan fingerprint density at radius 1 is 1.56 bits per heavy atom. The maximum atomic E-state index is 4.94. The third kappa shape index (κ3) is 1.31. The highest BCUT2D eigenvalue weighted by atomic mass is 16.5. The van der Waals surface area contributed by atoms with Crippen LogP contribution in [0.2, 0.25) is 0 Å². The van der Waals surface area contributed by atoms with E-state index in [1.54, 1.807) is 0 Å². The summed E-state index contributed by atoms with van der Waals surface area (Å²) in [5.41, 5.74) is 0.936. The number of aryl methyl sites for hydroxylation is 1. The highest BCUT2D eigenvalue weighted by molar-refractivity contribution is 5.17. The molecule has 0 N–H and O–H groups in total. The van der Waals surface area contributed by atoms with E-state index in [9.17, 15) is 0 Å². The third-order valence-corrected chi connectivity index (χ3v) is 1.12. The molecule has 1 aromatic heterocycles. The molecule has 0 amide bonds. The molecule has 0 unspecified atom stereocenters. The summed E-state index contributed by atoms with van der Waals surface area (Å²) in [5.74, 6) is 2.04. The summed E-state index contributed by atoms with van der Waals surface area (Å²) in [4.78, 5) is 0. The van der Waals surface area contributed by atoms with Crippen LogP contribution in [0.25, 0.3) is 0 Å². The van der Waals surface area contributed by atoms with Gasteiger partial charge in [0.2, 0.25) is 0 Å². The van der Waals surface area contributed by atoms with Gasteiger partial charge >= 0.3 is 0 Å². The predicted molar refractivity (Wildman–Crippen MR) is 34.9 cm³/mol. The Labute approximate surface area is 54.9 Å². The zero-order chi connectivity index (χ0) is 6.85. The fourth-order valence-electron chi connectivity index (χ4n) is 0.599. The standard InChI is InChI=1S/C7H10NO/c1-5(2)7-4-6(3)8-9-7/h4H,1-3H3. The van der Waals surface area contributed by atoms with Crippen LogP contribution in [0, 0.1) is 12.8 Å². The van der Waals surface area contributed by atoms with Crippen LogP contribution in [0.1, 0.15) is 25.3 Å². The Bertz CT molecular complexity index is 191. The summed E-state index contributed by atoms with van der Waals surface area (Å²) in [7, 11) is 0. The molecule has 0 aromatic carbocycles. The van der Waals surface area contributed by atoms with Crippen LogP contribution in [0.5, 0.6) is 0 Å². The van der Waals surface area contributed by atoms with Crippen molar-refractivity contribution in [1.82, 2.24) is 5.16 Å². The number of nitrogens with zero attached hydrogens (tertiary/aromatic N) is 1. The summed E-state index contributed by atoms with van der Waals surface area (Å²) in [6.45, 7) is 5.91. The van der Waals surface area contributed by atoms with Crippen LogP contribution in [-0.2, 0) is 0 Å². The van der Waals surface area contributed by atoms with E-state index in [-0.39, 0.29) is 0 Å². The molecule has 1 aromatic rings. The van der Waals surface area contributed by atoms with Crippen molar-refractivity contribution in [2.24, 2.45) is 0 Å². The van der Waals surface area contributed by atoms with Crippen molar-refractivity contribution >= 4 is 0 Å². The lowest BCUT2D eigenvalue weighted by Gasteiger charge is -1.91. The van der Waals surface area contributed by atoms with Crippen LogP contribution in [0.15, 0.2) is 10.6 Å². The molecular weight excluding hydrogens is 114 g/mol. The normalized spacial score (nSPS) is 10.7. The van der Waals surface area contributed by atoms with Crippen molar-refractivity contribution in [2.75, 3.05) is 0 Å². The molecule has 1 rings (SSSR count). The van der Waals surface area contributed by atoms with Gasteiger partial charge in [-0.3, -0.25) is 0 Å². The zero-order valence-corrected chi connectivity index (χ0v) is 5.93. The van der Waals surface area contributed by atoms with E-state index in [4.69, 9.17) is 4.52 Å². The van der Waals surface area contributed by atoms with Gasteiger partial charge in [-0.1, -0.05) is 19.0 Å². The molecule has 0 bridgehead atoms. The van der Waals surface area contributed by atoms with Crippen molar-refractivity contribution in [1.29, 1.82) is 0 Å². The van der Waals surface area contributed by atoms with Crippen LogP contribution >= 0.6 is 0 Å². The number of hydrogen-bond acceptors (Lipinski definition) is 2. The van der Waals surface area contributed by atoms with E-state index < -0.39 is 0 Å². The first kappa shape index (κ1) is 6.33. The lowest BCUT2D eigenvalue weighted by atomic mass is 10.1. The Hall–Kier alpha value is -0.790. The maximum Gasteiger partial charge on any atom is 0.143 e. The molecule has 0 saturated carbocycles. The summed E-state index contributed by atoms with van der Waals surface area (Å²) < 4.78 is 4.94. The summed E-state index contributed by atoms with van der Waals surface area (Å²) in [6, 6.07) is 1.93. The fraction of sp³-hybridized carbons (Fsp3) is 0.429. The SMILES string of the molecule is C[C](C)c1cc(C)no1. The Balaban J connectivity index is 2.85. The Morgan fingerprint density at radius 2 is 2.22 bits per heavy atom. The van der Waals surface area contributed by atoms with E-state index >= 15 is 0 Å². The average Bonchev–Trinajstić information content (AvgIpc) is 2.14. The maximum absolute atomic E-state index is 4.94. The van der Waals surface area contributed by atoms with Gasteiger partial charge in [0.1, 0.15) is 5.76 Å². The zero-order valence-electron chi connectivity index (χ0n) is 5.93. The highest BCUT2D eigenvalue weighted by Gasteiger charge is 2.03. The van der Waals surface area contributed by atoms with E-state index in [1.807, 2.05) is 26.8 Å². The summed E-state index contributed by atoms with van der Waals surface area (Å²) in [5, 5.41) is 3.74. The molecule has 1 heterocycles. The second-order valence-corrected chi connectivity index (χ2v) is 2.33. The van der Waals surface area contributed by atoms with Gasteiger partial charge in [0.05, 0.1) is 5.69 Å². The van der Waals surface area contributed by atoms with Gasteiger partial charge in [-0.2, -0.15) is 0 Å². The second kappa shape index (κ2) is 2.21. The molecule has 0 atom stereocenters. The van der Waals surface area contributed by atoms with Gasteiger partial charge < -0.3 is 4.52 Å². The van der Waals surface area contributed by atoms with Crippen LogP contribution in [0.3, 0.4) is 0 Å². The fourth-order valence-corrected chi connectivity index (χ4v) is 0.599. The number of aromatic nitrogens is 1. The summed E-state index contributed by atoms with van der Waals surface area (Å²) >= 11 is 0. The molecule has 2 heteroatoms. The van der Waals surface area contributed by atoms with Crippen molar-refractivity contribution in [3.05, 3.63) is 23.4 Å². The molecule has 2 nitrogen and oxygen atoms in total. The van der Waals surface area contributed by atoms with Gasteiger partial charge in [0, 0.05) is 12.0 Å². The lowest BCUT2D eigenvalue weighted by Crippen LogP contribution is -1.81. The van der Waals surface area contributed by atoms with Crippen molar-refractivity contribution in [3.63, 3.8) is 0 Å². The Kier molecular flexibility index (Phi) is 1.56. The highest BCUT2D eigenvalue weighted by Crippen LogP contribution is 2.12. The van der Waals surface area contributed by atoms with E-state index in [0.717, 1.165) is 17.4 Å². The molecule has 0 aliphatic carbocycles. The van der Waals surface area contributed by atoms with Crippen LogP contribution in [-0.4, -0.2) is 5.16 Å². The van der Waals surface area contributed by atoms with E-state index in [2.05, 4.69) is 5.16 Å². The van der Waals surface area contributed by atoms with Crippen LogP contribution in [0.4, 0.5) is 0 Å². The van der Waals surface area contributed by atoms with Crippen molar-refractivity contribution in [3.8, 4) is 0 Å². The summed E-state index contributed by atoms with van der Waals surface area (Å²) in [6.07, 6.45) is 0. The first-order valence-corrected chi connectivity index (χ1v) is 2.94. The third-order valence-electron chi connectivity index (χ3n) is 1.12. The minimum absolute atomic E-state index is 0.882. The topological polar surface area (TPSA) is 26.0 Å². The van der Waals surface area contributed by atoms with Gasteiger partial charge in [0.25, 0.3) is 0 Å². The minimum Gasteiger partial charge on any atom is -0.361 e. The first-order valence-electron chi connectivity index (χ1n) is 2.94. The molecule has 0 aliphatic heterocycles. The molecular formula is C7H10NO. The number of hydrogen-bond donors (Lipinski definition) is 0. The monoisotopic (exact) mass is 124 g/mol. The number of rotatable bonds is 1. The molecule has 49 valence electrons. The lowest BCUT2D eigenvalue weighted by molar-refractivity contribution is 0.390. The molecule has 0 aliphatic rings. The second-order valence-electron chi connectivity index (χ2n) is 2.33. The minimum atomic E-state index is 0.882. The van der Waals surface area contributed by atoms with Gasteiger partial charge in [-0.25, -0.2) is 0 Å². The van der Waals surface area contributed by atoms with E-state index in [1.165, 1.54) is 0 Å². The molecule has 0 spiro atoms. The largest absolute Gasteiger partial charge is 0.361 e. The van der Waals surface area contributed by atoms with E-state index in [0.29, 0.717) is 0 Å². The Morgan fingerprint density at radius 3 is 2.44 bits per heavy atom. The molecule has 0 saturated heterocycles. The average molecular weight is 124 g/mol. The van der Waals surface area contributed by atoms with Crippen molar-refractivity contribution in [2.45, 2.75) is 20.8 Å². The van der Waals surface area contributed by atoms with Crippen LogP contribution < -0.4 is 0 Å². The van der Waals surface area contributed by atoms with Crippen molar-refractivity contribution < 1.29 is 4.52 Å². The predicted octanol–water partition coefficient (Wildman–Crippen LogP) is 1.95. The van der Waals surface area contributed by atoms with Gasteiger partial charge in [-0.05, 0) is 6.92 Å². The molecule has 0 fully saturated rings. The van der Waals surface area contributed by atoms with Gasteiger partial charge in [0.15, 0.2) is 0 Å².